The molecule has 1 atom stereocenters. The molecule has 1 aromatic rings. The lowest BCUT2D eigenvalue weighted by molar-refractivity contribution is 0.0502. The maximum atomic E-state index is 12.4. The van der Waals surface area contributed by atoms with Gasteiger partial charge in [0.2, 0.25) is 5.88 Å². The number of amides is 1. The van der Waals surface area contributed by atoms with Gasteiger partial charge in [-0.15, -0.1) is 0 Å². The number of carbonyl (C=O) groups excluding carboxylic acids is 1. The monoisotopic (exact) mass is 250 g/mol. The van der Waals surface area contributed by atoms with E-state index < -0.39 is 0 Å². The largest absolute Gasteiger partial charge is 0.481 e. The van der Waals surface area contributed by atoms with E-state index in [1.807, 2.05) is 0 Å². The zero-order chi connectivity index (χ0) is 13.0. The molecule has 1 N–H and O–H groups in total. The van der Waals surface area contributed by atoms with E-state index in [9.17, 15) is 9.90 Å². The van der Waals surface area contributed by atoms with E-state index in [4.69, 9.17) is 4.74 Å². The average molecular weight is 250 g/mol. The Hall–Kier alpha value is -1.62. The SMILES string of the molecule is COc1cc(C(=O)N2CCCC[C@H]2CO)ccn1. The third-order valence-electron chi connectivity index (χ3n) is 3.29. The Labute approximate surface area is 106 Å². The van der Waals surface area contributed by atoms with Gasteiger partial charge in [0.25, 0.3) is 5.91 Å². The fourth-order valence-electron chi connectivity index (χ4n) is 2.28. The van der Waals surface area contributed by atoms with Crippen molar-refractivity contribution in [3.63, 3.8) is 0 Å². The number of hydrogen-bond acceptors (Lipinski definition) is 4. The summed E-state index contributed by atoms with van der Waals surface area (Å²) in [6.45, 7) is 0.725. The minimum absolute atomic E-state index is 0.0218. The molecule has 18 heavy (non-hydrogen) atoms. The number of carbonyl (C=O) groups is 1. The predicted octanol–water partition coefficient (Wildman–Crippen LogP) is 1.08. The fourth-order valence-corrected chi connectivity index (χ4v) is 2.28. The highest BCUT2D eigenvalue weighted by molar-refractivity contribution is 5.94. The van der Waals surface area contributed by atoms with Crippen LogP contribution in [0.3, 0.4) is 0 Å². The summed E-state index contributed by atoms with van der Waals surface area (Å²) >= 11 is 0. The molecule has 1 fully saturated rings. The summed E-state index contributed by atoms with van der Waals surface area (Å²) < 4.78 is 5.01. The number of nitrogens with zero attached hydrogens (tertiary/aromatic N) is 2. The number of methoxy groups -OCH3 is 1. The molecule has 0 aromatic carbocycles. The number of likely N-dealkylation sites (tertiary alicyclic amines) is 1. The van der Waals surface area contributed by atoms with Crippen molar-refractivity contribution >= 4 is 5.91 Å². The van der Waals surface area contributed by atoms with Gasteiger partial charge in [-0.1, -0.05) is 0 Å². The number of hydrogen-bond donors (Lipinski definition) is 1. The molecule has 0 radical (unpaired) electrons. The number of piperidine rings is 1. The number of rotatable bonds is 3. The molecule has 1 aromatic heterocycles. The van der Waals surface area contributed by atoms with Gasteiger partial charge in [0.15, 0.2) is 0 Å². The van der Waals surface area contributed by atoms with Crippen LogP contribution in [0.1, 0.15) is 29.6 Å². The Morgan fingerprint density at radius 1 is 1.61 bits per heavy atom. The van der Waals surface area contributed by atoms with Crippen molar-refractivity contribution in [2.24, 2.45) is 0 Å². The molecule has 5 nitrogen and oxygen atoms in total. The molecule has 1 saturated heterocycles. The van der Waals surface area contributed by atoms with Crippen LogP contribution in [0.25, 0.3) is 0 Å². The summed E-state index contributed by atoms with van der Waals surface area (Å²) in [4.78, 5) is 18.1. The van der Waals surface area contributed by atoms with E-state index in [0.717, 1.165) is 19.3 Å². The van der Waals surface area contributed by atoms with E-state index in [-0.39, 0.29) is 18.6 Å². The van der Waals surface area contributed by atoms with Crippen molar-refractivity contribution < 1.29 is 14.6 Å². The number of aromatic nitrogens is 1. The molecule has 1 amide bonds. The lowest BCUT2D eigenvalue weighted by Crippen LogP contribution is -2.45. The van der Waals surface area contributed by atoms with Gasteiger partial charge in [-0.3, -0.25) is 4.79 Å². The molecule has 98 valence electrons. The molecule has 0 spiro atoms. The molecule has 2 heterocycles. The Morgan fingerprint density at radius 2 is 2.44 bits per heavy atom. The minimum atomic E-state index is -0.0644. The van der Waals surface area contributed by atoms with Gasteiger partial charge in [0.05, 0.1) is 19.8 Å². The van der Waals surface area contributed by atoms with Crippen LogP contribution in [0.4, 0.5) is 0 Å². The topological polar surface area (TPSA) is 62.7 Å². The first-order valence-electron chi connectivity index (χ1n) is 6.18. The zero-order valence-corrected chi connectivity index (χ0v) is 10.5. The average Bonchev–Trinajstić information content (AvgIpc) is 2.46. The Bertz CT molecular complexity index is 422. The molecule has 0 aliphatic carbocycles. The Morgan fingerprint density at radius 3 is 3.17 bits per heavy atom. The van der Waals surface area contributed by atoms with Gasteiger partial charge < -0.3 is 14.7 Å². The van der Waals surface area contributed by atoms with Crippen LogP contribution in [-0.2, 0) is 0 Å². The minimum Gasteiger partial charge on any atom is -0.481 e. The van der Waals surface area contributed by atoms with Crippen LogP contribution in [0.15, 0.2) is 18.3 Å². The van der Waals surface area contributed by atoms with Gasteiger partial charge in [-0.2, -0.15) is 0 Å². The molecule has 0 bridgehead atoms. The highest BCUT2D eigenvalue weighted by Gasteiger charge is 2.27. The summed E-state index contributed by atoms with van der Waals surface area (Å²) in [7, 11) is 1.52. The molecular weight excluding hydrogens is 232 g/mol. The number of pyridine rings is 1. The summed E-state index contributed by atoms with van der Waals surface area (Å²) in [5.41, 5.74) is 0.558. The molecule has 2 rings (SSSR count). The second kappa shape index (κ2) is 5.82. The quantitative estimate of drug-likeness (QED) is 0.872. The molecule has 1 aliphatic heterocycles. The van der Waals surface area contributed by atoms with Crippen LogP contribution >= 0.6 is 0 Å². The second-order valence-corrected chi connectivity index (χ2v) is 4.42. The van der Waals surface area contributed by atoms with Crippen LogP contribution in [0, 0.1) is 0 Å². The molecule has 0 unspecified atom stereocenters. The summed E-state index contributed by atoms with van der Waals surface area (Å²) in [5.74, 6) is 0.368. The summed E-state index contributed by atoms with van der Waals surface area (Å²) in [6, 6.07) is 3.24. The third-order valence-corrected chi connectivity index (χ3v) is 3.29. The van der Waals surface area contributed by atoms with Crippen molar-refractivity contribution in [1.29, 1.82) is 0 Å². The van der Waals surface area contributed by atoms with Gasteiger partial charge in [0, 0.05) is 24.4 Å². The first kappa shape index (κ1) is 12.8. The number of aliphatic hydroxyl groups excluding tert-OH is 1. The molecule has 1 aliphatic rings. The van der Waals surface area contributed by atoms with E-state index in [1.54, 1.807) is 23.2 Å². The molecular formula is C13H18N2O3. The first-order chi connectivity index (χ1) is 8.76. The van der Waals surface area contributed by atoms with Crippen LogP contribution in [0.2, 0.25) is 0 Å². The molecule has 5 heteroatoms. The molecule has 0 saturated carbocycles. The summed E-state index contributed by atoms with van der Waals surface area (Å²) in [5, 5.41) is 9.33. The lowest BCUT2D eigenvalue weighted by Gasteiger charge is -2.34. The fraction of sp³-hybridized carbons (Fsp3) is 0.538. The predicted molar refractivity (Wildman–Crippen MR) is 66.6 cm³/mol. The zero-order valence-electron chi connectivity index (χ0n) is 10.5. The smallest absolute Gasteiger partial charge is 0.254 e. The van der Waals surface area contributed by atoms with Crippen molar-refractivity contribution in [1.82, 2.24) is 9.88 Å². The Balaban J connectivity index is 2.18. The second-order valence-electron chi connectivity index (χ2n) is 4.42. The van der Waals surface area contributed by atoms with E-state index in [1.165, 1.54) is 7.11 Å². The summed E-state index contributed by atoms with van der Waals surface area (Å²) in [6.07, 6.45) is 4.48. The first-order valence-corrected chi connectivity index (χ1v) is 6.18. The maximum absolute atomic E-state index is 12.4. The number of aliphatic hydroxyl groups is 1. The van der Waals surface area contributed by atoms with Crippen molar-refractivity contribution in [3.8, 4) is 5.88 Å². The van der Waals surface area contributed by atoms with E-state index in [0.29, 0.717) is 18.0 Å². The van der Waals surface area contributed by atoms with Crippen LogP contribution in [0.5, 0.6) is 5.88 Å². The van der Waals surface area contributed by atoms with Crippen LogP contribution < -0.4 is 4.74 Å². The highest BCUT2D eigenvalue weighted by Crippen LogP contribution is 2.20. The van der Waals surface area contributed by atoms with Crippen LogP contribution in [-0.4, -0.2) is 47.2 Å². The highest BCUT2D eigenvalue weighted by atomic mass is 16.5. The maximum Gasteiger partial charge on any atom is 0.254 e. The number of ether oxygens (including phenoxy) is 1. The standard InChI is InChI=1S/C13H18N2O3/c1-18-12-8-10(5-6-14-12)13(17)15-7-3-2-4-11(15)9-16/h5-6,8,11,16H,2-4,7,9H2,1H3/t11-/m0/s1. The van der Waals surface area contributed by atoms with Gasteiger partial charge in [0.1, 0.15) is 0 Å². The lowest BCUT2D eigenvalue weighted by atomic mass is 10.0. The van der Waals surface area contributed by atoms with Gasteiger partial charge in [-0.25, -0.2) is 4.98 Å². The van der Waals surface area contributed by atoms with E-state index >= 15 is 0 Å². The van der Waals surface area contributed by atoms with Gasteiger partial charge in [-0.05, 0) is 25.3 Å². The van der Waals surface area contributed by atoms with Crippen molar-refractivity contribution in [2.45, 2.75) is 25.3 Å². The third kappa shape index (κ3) is 2.61. The van der Waals surface area contributed by atoms with Crippen molar-refractivity contribution in [2.75, 3.05) is 20.3 Å². The van der Waals surface area contributed by atoms with Gasteiger partial charge >= 0.3 is 0 Å². The van der Waals surface area contributed by atoms with E-state index in [2.05, 4.69) is 4.98 Å². The normalized spacial score (nSPS) is 19.7. The Kier molecular flexibility index (Phi) is 4.15. The van der Waals surface area contributed by atoms with Crippen molar-refractivity contribution in [3.05, 3.63) is 23.9 Å².